The fourth-order valence-corrected chi connectivity index (χ4v) is 2.17. The van der Waals surface area contributed by atoms with Crippen LogP contribution in [0.25, 0.3) is 6.08 Å². The molecule has 2 N–H and O–H groups in total. The molecule has 1 aliphatic heterocycles. The first-order valence-corrected chi connectivity index (χ1v) is 7.77. The van der Waals surface area contributed by atoms with Crippen LogP contribution in [0.2, 0.25) is 5.02 Å². The zero-order valence-electron chi connectivity index (χ0n) is 13.6. The molecule has 25 heavy (non-hydrogen) atoms. The lowest BCUT2D eigenvalue weighted by Gasteiger charge is -2.08. The molecule has 1 heterocycles. The van der Waals surface area contributed by atoms with Crippen molar-refractivity contribution in [1.82, 2.24) is 10.6 Å². The Balaban J connectivity index is 1.82. The SMILES string of the molecule is CC(C)NC(=O)NC(=O)COC(=O)/C=C/c1cc(Cl)c2c(c1)OCO2. The molecule has 0 spiro atoms. The van der Waals surface area contributed by atoms with Gasteiger partial charge in [-0.05, 0) is 37.6 Å². The molecule has 0 radical (unpaired) electrons. The van der Waals surface area contributed by atoms with E-state index < -0.39 is 24.5 Å². The maximum absolute atomic E-state index is 11.6. The summed E-state index contributed by atoms with van der Waals surface area (Å²) < 4.78 is 15.2. The van der Waals surface area contributed by atoms with E-state index in [9.17, 15) is 14.4 Å². The topological polar surface area (TPSA) is 103 Å². The Kier molecular flexibility index (Phi) is 6.24. The smallest absolute Gasteiger partial charge is 0.331 e. The number of carbonyl (C=O) groups is 3. The van der Waals surface area contributed by atoms with E-state index in [4.69, 9.17) is 25.8 Å². The van der Waals surface area contributed by atoms with Gasteiger partial charge in [0.2, 0.25) is 6.79 Å². The zero-order chi connectivity index (χ0) is 18.4. The van der Waals surface area contributed by atoms with Crippen molar-refractivity contribution in [1.29, 1.82) is 0 Å². The monoisotopic (exact) mass is 368 g/mol. The first-order valence-electron chi connectivity index (χ1n) is 7.39. The van der Waals surface area contributed by atoms with Gasteiger partial charge < -0.3 is 19.5 Å². The first kappa shape index (κ1) is 18.6. The second kappa shape index (κ2) is 8.39. The van der Waals surface area contributed by atoms with Crippen LogP contribution in [-0.4, -0.2) is 37.3 Å². The lowest BCUT2D eigenvalue weighted by molar-refractivity contribution is -0.143. The van der Waals surface area contributed by atoms with Gasteiger partial charge in [-0.25, -0.2) is 9.59 Å². The molecule has 0 aromatic heterocycles. The minimum Gasteiger partial charge on any atom is -0.454 e. The molecule has 2 rings (SSSR count). The van der Waals surface area contributed by atoms with E-state index in [2.05, 4.69) is 5.32 Å². The fourth-order valence-electron chi connectivity index (χ4n) is 1.89. The van der Waals surface area contributed by atoms with E-state index in [1.54, 1.807) is 26.0 Å². The highest BCUT2D eigenvalue weighted by Gasteiger charge is 2.17. The Morgan fingerprint density at radius 1 is 1.32 bits per heavy atom. The summed E-state index contributed by atoms with van der Waals surface area (Å²) in [6, 6.07) is 2.48. The van der Waals surface area contributed by atoms with Gasteiger partial charge in [-0.2, -0.15) is 0 Å². The van der Waals surface area contributed by atoms with Gasteiger partial charge in [0.15, 0.2) is 18.1 Å². The van der Waals surface area contributed by atoms with Crippen LogP contribution >= 0.6 is 11.6 Å². The van der Waals surface area contributed by atoms with Gasteiger partial charge in [0, 0.05) is 12.1 Å². The highest BCUT2D eigenvalue weighted by atomic mass is 35.5. The minimum atomic E-state index is -0.742. The molecule has 1 aromatic rings. The summed E-state index contributed by atoms with van der Waals surface area (Å²) in [5.41, 5.74) is 0.604. The van der Waals surface area contributed by atoms with Crippen LogP contribution in [0.15, 0.2) is 18.2 Å². The third-order valence-corrected chi connectivity index (χ3v) is 3.16. The van der Waals surface area contributed by atoms with Crippen molar-refractivity contribution in [2.24, 2.45) is 0 Å². The van der Waals surface area contributed by atoms with Gasteiger partial charge in [0.05, 0.1) is 5.02 Å². The molecular formula is C16H17ClN2O6. The Morgan fingerprint density at radius 2 is 2.08 bits per heavy atom. The molecule has 0 fully saturated rings. The predicted octanol–water partition coefficient (Wildman–Crippen LogP) is 1.86. The average Bonchev–Trinajstić information content (AvgIpc) is 2.99. The number of halogens is 1. The van der Waals surface area contributed by atoms with Crippen molar-refractivity contribution in [3.8, 4) is 11.5 Å². The van der Waals surface area contributed by atoms with Gasteiger partial charge in [-0.1, -0.05) is 11.6 Å². The van der Waals surface area contributed by atoms with Gasteiger partial charge >= 0.3 is 12.0 Å². The van der Waals surface area contributed by atoms with E-state index in [1.807, 2.05) is 5.32 Å². The van der Waals surface area contributed by atoms with Gasteiger partial charge in [0.1, 0.15) is 0 Å². The van der Waals surface area contributed by atoms with E-state index >= 15 is 0 Å². The summed E-state index contributed by atoms with van der Waals surface area (Å²) in [5, 5.41) is 4.87. The molecule has 9 heteroatoms. The number of nitrogens with one attached hydrogen (secondary N) is 2. The molecule has 134 valence electrons. The maximum Gasteiger partial charge on any atom is 0.331 e. The molecule has 3 amide bonds. The standard InChI is InChI=1S/C16H17ClN2O6/c1-9(2)18-16(22)19-13(20)7-23-14(21)4-3-10-5-11(17)15-12(6-10)24-8-25-15/h3-6,9H,7-8H2,1-2H3,(H2,18,19,20,22)/b4-3+. The number of rotatable bonds is 5. The van der Waals surface area contributed by atoms with E-state index in [1.165, 1.54) is 6.08 Å². The van der Waals surface area contributed by atoms with E-state index in [0.29, 0.717) is 22.1 Å². The van der Waals surface area contributed by atoms with Crippen LogP contribution in [0.5, 0.6) is 11.5 Å². The first-order chi connectivity index (χ1) is 11.8. The van der Waals surface area contributed by atoms with Crippen molar-refractivity contribution in [2.75, 3.05) is 13.4 Å². The second-order valence-corrected chi connectivity index (χ2v) is 5.76. The molecule has 8 nitrogen and oxygen atoms in total. The average molecular weight is 369 g/mol. The number of hydrogen-bond acceptors (Lipinski definition) is 6. The molecule has 0 bridgehead atoms. The molecular weight excluding hydrogens is 352 g/mol. The van der Waals surface area contributed by atoms with Crippen LogP contribution in [0, 0.1) is 0 Å². The lowest BCUT2D eigenvalue weighted by Crippen LogP contribution is -2.43. The van der Waals surface area contributed by atoms with Crippen molar-refractivity contribution in [2.45, 2.75) is 19.9 Å². The molecule has 0 atom stereocenters. The number of ether oxygens (including phenoxy) is 3. The Bertz CT molecular complexity index is 717. The molecule has 1 aromatic carbocycles. The van der Waals surface area contributed by atoms with Crippen molar-refractivity contribution < 1.29 is 28.6 Å². The van der Waals surface area contributed by atoms with Crippen LogP contribution in [0.1, 0.15) is 19.4 Å². The quantitative estimate of drug-likeness (QED) is 0.607. The Hall–Kier alpha value is -2.74. The molecule has 0 saturated carbocycles. The number of amides is 3. The lowest BCUT2D eigenvalue weighted by atomic mass is 10.2. The summed E-state index contributed by atoms with van der Waals surface area (Å²) in [5.74, 6) is -0.534. The number of urea groups is 1. The largest absolute Gasteiger partial charge is 0.454 e. The third kappa shape index (κ3) is 5.68. The molecule has 0 saturated heterocycles. The summed E-state index contributed by atoms with van der Waals surface area (Å²) in [6.45, 7) is 3.01. The molecule has 1 aliphatic rings. The fraction of sp³-hybridized carbons (Fsp3) is 0.312. The number of hydrogen-bond donors (Lipinski definition) is 2. The summed E-state index contributed by atoms with van der Waals surface area (Å²) in [7, 11) is 0. The number of fused-ring (bicyclic) bond motifs is 1. The summed E-state index contributed by atoms with van der Waals surface area (Å²) in [6.07, 6.45) is 2.59. The zero-order valence-corrected chi connectivity index (χ0v) is 14.4. The summed E-state index contributed by atoms with van der Waals surface area (Å²) in [4.78, 5) is 34.4. The molecule has 0 aliphatic carbocycles. The van der Waals surface area contributed by atoms with E-state index in [-0.39, 0.29) is 12.8 Å². The van der Waals surface area contributed by atoms with Crippen LogP contribution in [0.4, 0.5) is 4.79 Å². The number of esters is 1. The van der Waals surface area contributed by atoms with Crippen molar-refractivity contribution in [3.05, 3.63) is 28.8 Å². The Morgan fingerprint density at radius 3 is 2.80 bits per heavy atom. The minimum absolute atomic E-state index is 0.0871. The van der Waals surface area contributed by atoms with Gasteiger partial charge in [-0.15, -0.1) is 0 Å². The second-order valence-electron chi connectivity index (χ2n) is 5.35. The number of benzene rings is 1. The van der Waals surface area contributed by atoms with Crippen LogP contribution in [-0.2, 0) is 14.3 Å². The van der Waals surface area contributed by atoms with Gasteiger partial charge in [0.25, 0.3) is 5.91 Å². The third-order valence-electron chi connectivity index (χ3n) is 2.88. The van der Waals surface area contributed by atoms with Gasteiger partial charge in [-0.3, -0.25) is 10.1 Å². The molecule has 0 unspecified atom stereocenters. The van der Waals surface area contributed by atoms with Crippen molar-refractivity contribution in [3.63, 3.8) is 0 Å². The number of carbonyl (C=O) groups excluding carboxylic acids is 3. The maximum atomic E-state index is 11.6. The highest BCUT2D eigenvalue weighted by Crippen LogP contribution is 2.40. The predicted molar refractivity (Wildman–Crippen MR) is 89.4 cm³/mol. The van der Waals surface area contributed by atoms with Crippen molar-refractivity contribution >= 4 is 35.6 Å². The summed E-state index contributed by atoms with van der Waals surface area (Å²) >= 11 is 6.03. The normalized spacial score (nSPS) is 12.3. The Labute approximate surface area is 149 Å². The number of imide groups is 1. The van der Waals surface area contributed by atoms with E-state index in [0.717, 1.165) is 6.08 Å². The highest BCUT2D eigenvalue weighted by molar-refractivity contribution is 6.32. The van der Waals surface area contributed by atoms with Crippen LogP contribution in [0.3, 0.4) is 0 Å². The van der Waals surface area contributed by atoms with Crippen LogP contribution < -0.4 is 20.1 Å².